The summed E-state index contributed by atoms with van der Waals surface area (Å²) in [5, 5.41) is 21.5. The van der Waals surface area contributed by atoms with Gasteiger partial charge in [-0.3, -0.25) is 19.4 Å². The second-order valence-electron chi connectivity index (χ2n) is 11.5. The first kappa shape index (κ1) is 26.4. The van der Waals surface area contributed by atoms with E-state index in [0.717, 1.165) is 19.6 Å². The van der Waals surface area contributed by atoms with Gasteiger partial charge < -0.3 is 19.7 Å². The van der Waals surface area contributed by atoms with Crippen molar-refractivity contribution in [2.45, 2.75) is 50.2 Å². The van der Waals surface area contributed by atoms with Crippen LogP contribution in [0.4, 0.5) is 4.39 Å². The first-order valence-electron chi connectivity index (χ1n) is 13.8. The van der Waals surface area contributed by atoms with Gasteiger partial charge in [0.1, 0.15) is 0 Å². The maximum atomic E-state index is 14.1. The van der Waals surface area contributed by atoms with Crippen LogP contribution in [-0.2, 0) is 25.6 Å². The first-order valence-corrected chi connectivity index (χ1v) is 13.8. The van der Waals surface area contributed by atoms with E-state index in [1.165, 1.54) is 29.7 Å². The summed E-state index contributed by atoms with van der Waals surface area (Å²) in [7, 11) is 1.53. The molecule has 6 atom stereocenters. The van der Waals surface area contributed by atoms with Crippen LogP contribution in [0.2, 0.25) is 0 Å². The van der Waals surface area contributed by atoms with Crippen LogP contribution in [0.1, 0.15) is 42.9 Å². The summed E-state index contributed by atoms with van der Waals surface area (Å²) in [5.74, 6) is -5.67. The molecule has 9 heteroatoms. The Balaban J connectivity index is 1.21. The molecule has 0 bridgehead atoms. The Kier molecular flexibility index (Phi) is 6.95. The minimum Gasteiger partial charge on any atom is -0.505 e. The number of piperidine rings is 1. The molecule has 3 aliphatic heterocycles. The zero-order valence-corrected chi connectivity index (χ0v) is 22.0. The van der Waals surface area contributed by atoms with E-state index in [1.54, 1.807) is 6.07 Å². The number of benzene rings is 2. The first-order chi connectivity index (χ1) is 18.8. The molecule has 39 heavy (non-hydrogen) atoms. The van der Waals surface area contributed by atoms with Crippen molar-refractivity contribution >= 4 is 11.8 Å². The molecule has 6 rings (SSSR count). The Hall–Kier alpha value is -2.85. The topological polar surface area (TPSA) is 99.5 Å². The molecule has 2 aromatic rings. The van der Waals surface area contributed by atoms with Crippen LogP contribution in [0.5, 0.6) is 5.75 Å². The van der Waals surface area contributed by atoms with Gasteiger partial charge in [0.25, 0.3) is 0 Å². The largest absolute Gasteiger partial charge is 0.505 e. The van der Waals surface area contributed by atoms with Crippen LogP contribution in [-0.4, -0.2) is 70.5 Å². The maximum absolute atomic E-state index is 14.1. The van der Waals surface area contributed by atoms with Gasteiger partial charge in [-0.1, -0.05) is 36.4 Å². The van der Waals surface area contributed by atoms with Crippen molar-refractivity contribution in [3.8, 4) is 5.75 Å². The molecule has 8 nitrogen and oxygen atoms in total. The third-order valence-corrected chi connectivity index (χ3v) is 9.28. The molecule has 0 unspecified atom stereocenters. The monoisotopic (exact) mass is 538 g/mol. The van der Waals surface area contributed by atoms with Gasteiger partial charge in [-0.25, -0.2) is 4.39 Å². The average molecular weight is 539 g/mol. The zero-order chi connectivity index (χ0) is 27.3. The van der Waals surface area contributed by atoms with Gasteiger partial charge >= 0.3 is 0 Å². The molecule has 2 N–H and O–H groups in total. The summed E-state index contributed by atoms with van der Waals surface area (Å²) in [6.07, 6.45) is 1.31. The van der Waals surface area contributed by atoms with Crippen LogP contribution in [0.25, 0.3) is 0 Å². The highest BCUT2D eigenvalue weighted by Crippen LogP contribution is 2.58. The number of methoxy groups -OCH3 is 1. The van der Waals surface area contributed by atoms with Gasteiger partial charge in [-0.15, -0.1) is 0 Å². The number of fused-ring (bicyclic) bond motifs is 3. The molecule has 0 spiro atoms. The minimum absolute atomic E-state index is 0.159. The van der Waals surface area contributed by atoms with E-state index >= 15 is 0 Å². The molecule has 2 aromatic carbocycles. The number of aliphatic hydroxyl groups is 1. The van der Waals surface area contributed by atoms with E-state index in [0.29, 0.717) is 18.4 Å². The fraction of sp³-hybridized carbons (Fsp3) is 0.533. The molecule has 2 amide bonds. The fourth-order valence-electron chi connectivity index (χ4n) is 7.37. The van der Waals surface area contributed by atoms with Crippen molar-refractivity contribution in [1.29, 1.82) is 0 Å². The average Bonchev–Trinajstić information content (AvgIpc) is 3.41. The van der Waals surface area contributed by atoms with E-state index < -0.39 is 47.1 Å². The van der Waals surface area contributed by atoms with Crippen LogP contribution in [0.15, 0.2) is 48.5 Å². The number of nitrogens with zero attached hydrogens (tertiary/aromatic N) is 2. The number of carbonyl (C=O) groups excluding carboxylic acids is 2. The third-order valence-electron chi connectivity index (χ3n) is 9.28. The molecule has 208 valence electrons. The highest BCUT2D eigenvalue weighted by molar-refractivity contribution is 6.05. The molecular weight excluding hydrogens is 503 g/mol. The van der Waals surface area contributed by atoms with Crippen molar-refractivity contribution in [2.24, 2.45) is 23.7 Å². The number of phenols is 1. The number of hydrogen-bond acceptors (Lipinski definition) is 7. The van der Waals surface area contributed by atoms with Gasteiger partial charge in [0.05, 0.1) is 24.5 Å². The van der Waals surface area contributed by atoms with Gasteiger partial charge in [0.15, 0.2) is 17.4 Å². The minimum atomic E-state index is -1.68. The normalized spacial score (nSPS) is 33.4. The second-order valence-corrected chi connectivity index (χ2v) is 11.5. The summed E-state index contributed by atoms with van der Waals surface area (Å²) in [5.41, 5.74) is 1.71. The maximum Gasteiger partial charge on any atom is 0.233 e. The summed E-state index contributed by atoms with van der Waals surface area (Å²) in [4.78, 5) is 31.5. The van der Waals surface area contributed by atoms with E-state index in [9.17, 15) is 24.2 Å². The highest BCUT2D eigenvalue weighted by Gasteiger charge is 2.67. The standard InChI is InChI=1S/C30H35FN2O6/c1-38-17-20-14-22-27(23-15-26(39-30(20,23)37)19-7-8-25(34)24(31)13-19)29(36)33(28(22)35)21-9-11-32(12-10-21)16-18-5-3-2-4-6-18/h2-8,13,20-23,26-27,34,37H,9-12,14-17H2,1H3/t20-,22+,23+,26+,27+,30-/m1/s1. The van der Waals surface area contributed by atoms with Gasteiger partial charge in [0.2, 0.25) is 11.8 Å². The van der Waals surface area contributed by atoms with Crippen molar-refractivity contribution in [2.75, 3.05) is 26.8 Å². The number of ether oxygens (including phenoxy) is 2. The lowest BCUT2D eigenvalue weighted by Crippen LogP contribution is -2.54. The Morgan fingerprint density at radius 1 is 1.08 bits per heavy atom. The van der Waals surface area contributed by atoms with Gasteiger partial charge in [-0.05, 0) is 48.9 Å². The van der Waals surface area contributed by atoms with Crippen LogP contribution in [0.3, 0.4) is 0 Å². The summed E-state index contributed by atoms with van der Waals surface area (Å²) >= 11 is 0. The lowest BCUT2D eigenvalue weighted by atomic mass is 9.64. The molecule has 4 fully saturated rings. The molecule has 0 radical (unpaired) electrons. The van der Waals surface area contributed by atoms with Crippen molar-refractivity contribution < 1.29 is 33.7 Å². The van der Waals surface area contributed by atoms with Crippen LogP contribution in [0, 0.1) is 29.5 Å². The Morgan fingerprint density at radius 2 is 1.82 bits per heavy atom. The molecule has 3 heterocycles. The number of likely N-dealkylation sites (tertiary alicyclic amines) is 2. The van der Waals surface area contributed by atoms with Crippen molar-refractivity contribution in [3.05, 3.63) is 65.5 Å². The predicted molar refractivity (Wildman–Crippen MR) is 139 cm³/mol. The van der Waals surface area contributed by atoms with Crippen LogP contribution < -0.4 is 0 Å². The zero-order valence-electron chi connectivity index (χ0n) is 22.0. The van der Waals surface area contributed by atoms with Crippen molar-refractivity contribution in [3.63, 3.8) is 0 Å². The molecule has 1 saturated carbocycles. The Bertz CT molecular complexity index is 1240. The number of phenolic OH excluding ortho intramolecular Hbond substituents is 1. The van der Waals surface area contributed by atoms with E-state index in [4.69, 9.17) is 9.47 Å². The molecule has 3 saturated heterocycles. The van der Waals surface area contributed by atoms with E-state index in [1.807, 2.05) is 18.2 Å². The van der Waals surface area contributed by atoms with E-state index in [-0.39, 0.29) is 37.3 Å². The number of carbonyl (C=O) groups is 2. The quantitative estimate of drug-likeness (QED) is 0.545. The number of amides is 2. The SMILES string of the molecule is COC[C@H]1C[C@@H]2C(=O)N(C3CCN(Cc4ccccc4)CC3)C(=O)[C@@H]2[C@@H]2C[C@@H](c3ccc(O)c(F)c3)O[C@]12O. The second kappa shape index (κ2) is 10.3. The molecule has 4 aliphatic rings. The number of aromatic hydroxyl groups is 1. The van der Waals surface area contributed by atoms with Crippen molar-refractivity contribution in [1.82, 2.24) is 9.80 Å². The van der Waals surface area contributed by atoms with E-state index in [2.05, 4.69) is 17.0 Å². The number of imide groups is 1. The number of rotatable bonds is 6. The van der Waals surface area contributed by atoms with Crippen LogP contribution >= 0.6 is 0 Å². The van der Waals surface area contributed by atoms with Gasteiger partial charge in [0, 0.05) is 44.6 Å². The number of hydrogen-bond donors (Lipinski definition) is 2. The Labute approximate surface area is 227 Å². The predicted octanol–water partition coefficient (Wildman–Crippen LogP) is 3.23. The third kappa shape index (κ3) is 4.55. The lowest BCUT2D eigenvalue weighted by Gasteiger charge is -2.44. The summed E-state index contributed by atoms with van der Waals surface area (Å²) in [6.45, 7) is 2.60. The van der Waals surface area contributed by atoms with Gasteiger partial charge in [-0.2, -0.15) is 0 Å². The lowest BCUT2D eigenvalue weighted by molar-refractivity contribution is -0.275. The smallest absolute Gasteiger partial charge is 0.233 e. The summed E-state index contributed by atoms with van der Waals surface area (Å²) < 4.78 is 25.7. The molecular formula is C30H35FN2O6. The Morgan fingerprint density at radius 3 is 2.51 bits per heavy atom. The fourth-order valence-corrected chi connectivity index (χ4v) is 7.37. The summed E-state index contributed by atoms with van der Waals surface area (Å²) in [6, 6.07) is 14.1. The highest BCUT2D eigenvalue weighted by atomic mass is 19.1. The number of halogens is 1. The molecule has 0 aromatic heterocycles. The molecule has 1 aliphatic carbocycles.